The molecule has 132 valence electrons. The van der Waals surface area contributed by atoms with Crippen LogP contribution in [0.5, 0.6) is 11.5 Å². The zero-order valence-electron chi connectivity index (χ0n) is 13.3. The van der Waals surface area contributed by atoms with Gasteiger partial charge in [-0.25, -0.2) is 0 Å². The molecule has 0 aromatic heterocycles. The van der Waals surface area contributed by atoms with Gasteiger partial charge in [0, 0.05) is 11.8 Å². The Balaban J connectivity index is 2.00. The minimum atomic E-state index is -0.814. The first kappa shape index (κ1) is 18.9. The number of hydrogen-bond acceptors (Lipinski definition) is 4. The summed E-state index contributed by atoms with van der Waals surface area (Å²) in [6, 6.07) is 11.5. The van der Waals surface area contributed by atoms with Crippen molar-refractivity contribution >= 4 is 40.7 Å². The Hall–Kier alpha value is -2.44. The summed E-state index contributed by atoms with van der Waals surface area (Å²) in [5.74, 6) is -0.253. The third kappa shape index (κ3) is 5.55. The first-order valence-electron chi connectivity index (χ1n) is 7.29. The normalized spacial score (nSPS) is 11.5. The summed E-state index contributed by atoms with van der Waals surface area (Å²) in [7, 11) is 0. The molecule has 0 aliphatic rings. The van der Waals surface area contributed by atoms with Gasteiger partial charge in [-0.05, 0) is 31.2 Å². The van der Waals surface area contributed by atoms with Crippen LogP contribution in [0, 0.1) is 0 Å². The number of primary amides is 1. The monoisotopic (exact) mass is 382 g/mol. The van der Waals surface area contributed by atoms with Crippen LogP contribution in [0.15, 0.2) is 42.5 Å². The highest BCUT2D eigenvalue weighted by Crippen LogP contribution is 2.32. The maximum atomic E-state index is 12.3. The molecule has 8 heteroatoms. The van der Waals surface area contributed by atoms with Crippen molar-refractivity contribution in [3.8, 4) is 11.5 Å². The van der Waals surface area contributed by atoms with E-state index in [9.17, 15) is 9.59 Å². The molecule has 0 spiro atoms. The van der Waals surface area contributed by atoms with E-state index in [0.717, 1.165) is 0 Å². The lowest BCUT2D eigenvalue weighted by Gasteiger charge is -2.16. The minimum absolute atomic E-state index is 0.241. The van der Waals surface area contributed by atoms with Crippen LogP contribution in [-0.2, 0) is 9.59 Å². The molecule has 2 amide bonds. The second kappa shape index (κ2) is 8.60. The summed E-state index contributed by atoms with van der Waals surface area (Å²) in [6.45, 7) is 1.34. The first-order valence-corrected chi connectivity index (χ1v) is 8.05. The molecular weight excluding hydrogens is 367 g/mol. The number of anilines is 1. The number of carbonyl (C=O) groups is 2. The lowest BCUT2D eigenvalue weighted by atomic mass is 10.2. The van der Waals surface area contributed by atoms with E-state index in [1.807, 2.05) is 0 Å². The van der Waals surface area contributed by atoms with Gasteiger partial charge in [0.05, 0.1) is 5.02 Å². The Labute approximate surface area is 154 Å². The number of benzene rings is 2. The third-order valence-electron chi connectivity index (χ3n) is 3.07. The lowest BCUT2D eigenvalue weighted by molar-refractivity contribution is -0.122. The van der Waals surface area contributed by atoms with Crippen LogP contribution in [0.4, 0.5) is 5.69 Å². The van der Waals surface area contributed by atoms with Gasteiger partial charge in [-0.3, -0.25) is 9.59 Å². The fourth-order valence-corrected chi connectivity index (χ4v) is 2.22. The van der Waals surface area contributed by atoms with E-state index in [1.54, 1.807) is 49.4 Å². The molecule has 2 rings (SSSR count). The number of nitrogens with one attached hydrogen (secondary N) is 1. The van der Waals surface area contributed by atoms with E-state index >= 15 is 0 Å². The maximum Gasteiger partial charge on any atom is 0.265 e. The number of amides is 2. The van der Waals surface area contributed by atoms with Crippen molar-refractivity contribution in [2.24, 2.45) is 5.73 Å². The molecule has 0 heterocycles. The second-order valence-electron chi connectivity index (χ2n) is 5.08. The molecule has 0 bridgehead atoms. The average molecular weight is 383 g/mol. The SMILES string of the molecule is CC(Oc1cccc(Cl)c1Cl)C(=O)Nc1cccc(OCC(N)=O)c1. The van der Waals surface area contributed by atoms with Crippen molar-refractivity contribution in [1.82, 2.24) is 0 Å². The Morgan fingerprint density at radius 1 is 1.20 bits per heavy atom. The van der Waals surface area contributed by atoms with Crippen LogP contribution in [0.25, 0.3) is 0 Å². The average Bonchev–Trinajstić information content (AvgIpc) is 2.57. The van der Waals surface area contributed by atoms with Gasteiger partial charge in [-0.15, -0.1) is 0 Å². The van der Waals surface area contributed by atoms with Crippen molar-refractivity contribution < 1.29 is 19.1 Å². The smallest absolute Gasteiger partial charge is 0.265 e. The molecule has 0 saturated carbocycles. The molecule has 0 saturated heterocycles. The highest BCUT2D eigenvalue weighted by atomic mass is 35.5. The molecular formula is C17H16Cl2N2O4. The summed E-state index contributed by atoms with van der Waals surface area (Å²) in [4.78, 5) is 23.0. The highest BCUT2D eigenvalue weighted by molar-refractivity contribution is 6.42. The molecule has 3 N–H and O–H groups in total. The Morgan fingerprint density at radius 3 is 2.64 bits per heavy atom. The molecule has 6 nitrogen and oxygen atoms in total. The van der Waals surface area contributed by atoms with Crippen molar-refractivity contribution in [2.45, 2.75) is 13.0 Å². The summed E-state index contributed by atoms with van der Waals surface area (Å²) in [6.07, 6.45) is -0.814. The van der Waals surface area contributed by atoms with Gasteiger partial charge in [-0.2, -0.15) is 0 Å². The molecule has 1 atom stereocenters. The number of nitrogens with two attached hydrogens (primary N) is 1. The molecule has 25 heavy (non-hydrogen) atoms. The van der Waals surface area contributed by atoms with Gasteiger partial charge < -0.3 is 20.5 Å². The van der Waals surface area contributed by atoms with Crippen LogP contribution >= 0.6 is 23.2 Å². The molecule has 0 aliphatic carbocycles. The number of hydrogen-bond donors (Lipinski definition) is 2. The quantitative estimate of drug-likeness (QED) is 0.768. The first-order chi connectivity index (χ1) is 11.9. The van der Waals surface area contributed by atoms with E-state index in [-0.39, 0.29) is 17.5 Å². The second-order valence-corrected chi connectivity index (χ2v) is 5.87. The molecule has 0 radical (unpaired) electrons. The van der Waals surface area contributed by atoms with E-state index in [2.05, 4.69) is 5.32 Å². The third-order valence-corrected chi connectivity index (χ3v) is 3.87. The highest BCUT2D eigenvalue weighted by Gasteiger charge is 2.17. The molecule has 2 aromatic rings. The summed E-state index contributed by atoms with van der Waals surface area (Å²) in [5.41, 5.74) is 5.51. The number of carbonyl (C=O) groups excluding carboxylic acids is 2. The molecule has 1 unspecified atom stereocenters. The van der Waals surface area contributed by atoms with Gasteiger partial charge in [-0.1, -0.05) is 35.3 Å². The lowest BCUT2D eigenvalue weighted by Crippen LogP contribution is -2.30. The number of ether oxygens (including phenoxy) is 2. The van der Waals surface area contributed by atoms with Gasteiger partial charge in [0.2, 0.25) is 0 Å². The van der Waals surface area contributed by atoms with Crippen molar-refractivity contribution in [1.29, 1.82) is 0 Å². The fourth-order valence-electron chi connectivity index (χ4n) is 1.88. The van der Waals surface area contributed by atoms with Crippen LogP contribution in [0.1, 0.15) is 6.92 Å². The topological polar surface area (TPSA) is 90.7 Å². The Bertz CT molecular complexity index is 783. The summed E-state index contributed by atoms with van der Waals surface area (Å²) < 4.78 is 10.7. The van der Waals surface area contributed by atoms with E-state index in [1.165, 1.54) is 0 Å². The van der Waals surface area contributed by atoms with Crippen molar-refractivity contribution in [3.05, 3.63) is 52.5 Å². The van der Waals surface area contributed by atoms with Gasteiger partial charge >= 0.3 is 0 Å². The van der Waals surface area contributed by atoms with Crippen molar-refractivity contribution in [2.75, 3.05) is 11.9 Å². The van der Waals surface area contributed by atoms with E-state index < -0.39 is 12.0 Å². The predicted octanol–water partition coefficient (Wildman–Crippen LogP) is 3.26. The zero-order chi connectivity index (χ0) is 18.4. The largest absolute Gasteiger partial charge is 0.484 e. The number of halogens is 2. The zero-order valence-corrected chi connectivity index (χ0v) is 14.8. The molecule has 0 fully saturated rings. The van der Waals surface area contributed by atoms with Crippen LogP contribution in [0.2, 0.25) is 10.0 Å². The summed E-state index contributed by atoms with van der Waals surface area (Å²) >= 11 is 12.0. The minimum Gasteiger partial charge on any atom is -0.484 e. The Morgan fingerprint density at radius 2 is 1.92 bits per heavy atom. The van der Waals surface area contributed by atoms with Gasteiger partial charge in [0.15, 0.2) is 12.7 Å². The predicted molar refractivity (Wildman–Crippen MR) is 96.3 cm³/mol. The molecule has 0 aliphatic heterocycles. The van der Waals surface area contributed by atoms with Gasteiger partial charge in [0.1, 0.15) is 16.5 Å². The Kier molecular flexibility index (Phi) is 6.50. The summed E-state index contributed by atoms with van der Waals surface area (Å²) in [5, 5.41) is 3.27. The van der Waals surface area contributed by atoms with Gasteiger partial charge in [0.25, 0.3) is 11.8 Å². The van der Waals surface area contributed by atoms with Crippen LogP contribution < -0.4 is 20.5 Å². The van der Waals surface area contributed by atoms with E-state index in [4.69, 9.17) is 38.4 Å². The fraction of sp³-hybridized carbons (Fsp3) is 0.176. The van der Waals surface area contributed by atoms with Crippen molar-refractivity contribution in [3.63, 3.8) is 0 Å². The van der Waals surface area contributed by atoms with E-state index in [0.29, 0.717) is 22.2 Å². The number of rotatable bonds is 7. The van der Waals surface area contributed by atoms with Crippen LogP contribution in [0.3, 0.4) is 0 Å². The maximum absolute atomic E-state index is 12.3. The molecule has 2 aromatic carbocycles. The standard InChI is InChI=1S/C17H16Cl2N2O4/c1-10(25-14-7-3-6-13(18)16(14)19)17(23)21-11-4-2-5-12(8-11)24-9-15(20)22/h2-8,10H,9H2,1H3,(H2,20,22)(H,21,23). The van der Waals surface area contributed by atoms with Crippen LogP contribution in [-0.4, -0.2) is 24.5 Å².